The minimum Gasteiger partial charge on any atom is -0.434 e. The minimum atomic E-state index is -3.45. The fourth-order valence-corrected chi connectivity index (χ4v) is 3.87. The number of imidazole rings is 1. The van der Waals surface area contributed by atoms with Crippen LogP contribution in [0.15, 0.2) is 65.3 Å². The predicted octanol–water partition coefficient (Wildman–Crippen LogP) is 4.58. The van der Waals surface area contributed by atoms with Crippen molar-refractivity contribution in [2.24, 2.45) is 0 Å². The van der Waals surface area contributed by atoms with Gasteiger partial charge in [-0.25, -0.2) is 18.4 Å². The van der Waals surface area contributed by atoms with E-state index in [2.05, 4.69) is 24.7 Å². The van der Waals surface area contributed by atoms with Crippen molar-refractivity contribution in [3.63, 3.8) is 0 Å². The Kier molecular flexibility index (Phi) is 4.48. The van der Waals surface area contributed by atoms with Crippen LogP contribution in [0.25, 0.3) is 45.0 Å². The molecule has 0 bridgehead atoms. The van der Waals surface area contributed by atoms with Crippen molar-refractivity contribution >= 4 is 37.8 Å². The highest BCUT2D eigenvalue weighted by Gasteiger charge is 2.17. The Balaban J connectivity index is 1.50. The van der Waals surface area contributed by atoms with Crippen LogP contribution in [-0.4, -0.2) is 33.6 Å². The Bertz CT molecular complexity index is 1490. The van der Waals surface area contributed by atoms with Gasteiger partial charge in [-0.3, -0.25) is 9.71 Å². The van der Waals surface area contributed by atoms with Crippen LogP contribution in [0.3, 0.4) is 0 Å². The summed E-state index contributed by atoms with van der Waals surface area (Å²) in [6.07, 6.45) is 3.15. The van der Waals surface area contributed by atoms with Gasteiger partial charge in [-0.05, 0) is 49.7 Å². The van der Waals surface area contributed by atoms with Crippen LogP contribution in [0.1, 0.15) is 13.8 Å². The average molecular weight is 433 g/mol. The van der Waals surface area contributed by atoms with Gasteiger partial charge in [-0.15, -0.1) is 0 Å². The van der Waals surface area contributed by atoms with Crippen LogP contribution < -0.4 is 4.72 Å². The highest BCUT2D eigenvalue weighted by Crippen LogP contribution is 2.29. The fourth-order valence-electron chi connectivity index (χ4n) is 3.20. The Labute approximate surface area is 178 Å². The smallest absolute Gasteiger partial charge is 0.264 e. The van der Waals surface area contributed by atoms with E-state index in [0.29, 0.717) is 28.5 Å². The maximum Gasteiger partial charge on any atom is 0.264 e. The van der Waals surface area contributed by atoms with Crippen LogP contribution in [-0.2, 0) is 10.0 Å². The van der Waals surface area contributed by atoms with Crippen molar-refractivity contribution in [2.75, 3.05) is 4.72 Å². The number of hydrogen-bond donors (Lipinski definition) is 2. The van der Waals surface area contributed by atoms with E-state index < -0.39 is 15.3 Å². The molecule has 156 valence electrons. The quantitative estimate of drug-likeness (QED) is 0.419. The number of nitrogens with zero attached hydrogens (tertiary/aromatic N) is 3. The number of aromatic amines is 1. The van der Waals surface area contributed by atoms with Crippen molar-refractivity contribution in [3.8, 4) is 22.8 Å². The van der Waals surface area contributed by atoms with Gasteiger partial charge in [0, 0.05) is 11.8 Å². The Morgan fingerprint density at radius 1 is 0.968 bits per heavy atom. The van der Waals surface area contributed by atoms with Gasteiger partial charge in [0.15, 0.2) is 11.4 Å². The molecule has 0 fully saturated rings. The Morgan fingerprint density at radius 2 is 1.81 bits per heavy atom. The molecule has 2 aromatic carbocycles. The van der Waals surface area contributed by atoms with Crippen LogP contribution in [0.4, 0.5) is 5.69 Å². The van der Waals surface area contributed by atoms with Crippen molar-refractivity contribution < 1.29 is 12.8 Å². The molecule has 8 nitrogen and oxygen atoms in total. The molecule has 0 spiro atoms. The van der Waals surface area contributed by atoms with E-state index in [-0.39, 0.29) is 0 Å². The maximum absolute atomic E-state index is 12.2. The summed E-state index contributed by atoms with van der Waals surface area (Å²) in [6, 6.07) is 15.1. The van der Waals surface area contributed by atoms with Crippen molar-refractivity contribution in [1.29, 1.82) is 0 Å². The number of anilines is 1. The number of benzene rings is 2. The molecule has 3 heterocycles. The lowest BCUT2D eigenvalue weighted by atomic mass is 10.1. The third-order valence-electron chi connectivity index (χ3n) is 4.93. The lowest BCUT2D eigenvalue weighted by molar-refractivity contribution is 0.592. The fraction of sp³-hybridized carbons (Fsp3) is 0.136. The zero-order valence-corrected chi connectivity index (χ0v) is 17.6. The summed E-state index contributed by atoms with van der Waals surface area (Å²) >= 11 is 0. The molecule has 0 amide bonds. The zero-order valence-electron chi connectivity index (χ0n) is 16.8. The van der Waals surface area contributed by atoms with E-state index >= 15 is 0 Å². The van der Waals surface area contributed by atoms with Crippen LogP contribution in [0.5, 0.6) is 0 Å². The van der Waals surface area contributed by atoms with E-state index in [0.717, 1.165) is 22.2 Å². The summed E-state index contributed by atoms with van der Waals surface area (Å²) in [5.41, 5.74) is 5.04. The number of fused-ring (bicyclic) bond motifs is 2. The largest absolute Gasteiger partial charge is 0.434 e. The molecule has 0 aliphatic heterocycles. The molecular weight excluding hydrogens is 414 g/mol. The van der Waals surface area contributed by atoms with E-state index in [4.69, 9.17) is 4.42 Å². The molecule has 0 atom stereocenters. The molecule has 9 heteroatoms. The molecule has 3 aromatic heterocycles. The number of sulfonamides is 1. The number of rotatable bonds is 5. The molecular formula is C22H19N5O3S. The minimum absolute atomic E-state index is 0.403. The van der Waals surface area contributed by atoms with E-state index in [1.54, 1.807) is 26.1 Å². The second-order valence-electron chi connectivity index (χ2n) is 7.46. The number of hydrogen-bond acceptors (Lipinski definition) is 6. The monoisotopic (exact) mass is 433 g/mol. The summed E-state index contributed by atoms with van der Waals surface area (Å²) in [4.78, 5) is 16.5. The first-order chi connectivity index (χ1) is 14.9. The van der Waals surface area contributed by atoms with Crippen LogP contribution in [0, 0.1) is 0 Å². The van der Waals surface area contributed by atoms with Gasteiger partial charge in [0.2, 0.25) is 10.0 Å². The molecule has 0 aliphatic rings. The number of para-hydroxylation sites is 2. The Hall–Kier alpha value is -3.72. The topological polar surface area (TPSA) is 114 Å². The standard InChI is InChI=1S/C22H19N5O3S/c1-13(2)31(28,29)27-16-9-15(11-23-12-16)14-7-8-19-20(10-14)30-22(26-19)21-24-17-5-3-4-6-18(17)25-21/h3-13,27H,1-2H3,(H,24,25). The van der Waals surface area contributed by atoms with Crippen molar-refractivity contribution in [1.82, 2.24) is 19.9 Å². The predicted molar refractivity (Wildman–Crippen MR) is 120 cm³/mol. The van der Waals surface area contributed by atoms with Crippen molar-refractivity contribution in [2.45, 2.75) is 19.1 Å². The van der Waals surface area contributed by atoms with E-state index in [9.17, 15) is 8.42 Å². The van der Waals surface area contributed by atoms with Gasteiger partial charge < -0.3 is 9.40 Å². The molecule has 0 radical (unpaired) electrons. The third kappa shape index (κ3) is 3.64. The second kappa shape index (κ2) is 7.21. The van der Waals surface area contributed by atoms with Crippen molar-refractivity contribution in [3.05, 3.63) is 60.9 Å². The summed E-state index contributed by atoms with van der Waals surface area (Å²) in [5, 5.41) is -0.543. The number of nitrogens with one attached hydrogen (secondary N) is 2. The summed E-state index contributed by atoms with van der Waals surface area (Å²) in [6.45, 7) is 3.24. The molecule has 0 saturated heterocycles. The molecule has 5 aromatic rings. The number of aromatic nitrogens is 4. The first-order valence-electron chi connectivity index (χ1n) is 9.72. The lowest BCUT2D eigenvalue weighted by Gasteiger charge is -2.11. The highest BCUT2D eigenvalue weighted by molar-refractivity contribution is 7.93. The number of oxazole rings is 1. The zero-order chi connectivity index (χ0) is 21.6. The normalized spacial score (nSPS) is 12.1. The van der Waals surface area contributed by atoms with Gasteiger partial charge in [0.25, 0.3) is 5.89 Å². The SMILES string of the molecule is CC(C)S(=O)(=O)Nc1cncc(-c2ccc3nc(-c4nc5ccccc5[nH]4)oc3c2)c1. The van der Waals surface area contributed by atoms with Gasteiger partial charge in [-0.1, -0.05) is 18.2 Å². The molecule has 0 aliphatic carbocycles. The van der Waals surface area contributed by atoms with Crippen LogP contribution in [0.2, 0.25) is 0 Å². The second-order valence-corrected chi connectivity index (χ2v) is 9.70. The van der Waals surface area contributed by atoms with Gasteiger partial charge in [0.1, 0.15) is 5.52 Å². The molecule has 31 heavy (non-hydrogen) atoms. The van der Waals surface area contributed by atoms with Gasteiger partial charge in [-0.2, -0.15) is 0 Å². The molecule has 5 rings (SSSR count). The average Bonchev–Trinajstić information content (AvgIpc) is 3.37. The first-order valence-corrected chi connectivity index (χ1v) is 11.3. The van der Waals surface area contributed by atoms with Crippen LogP contribution >= 0.6 is 0 Å². The Morgan fingerprint density at radius 3 is 2.61 bits per heavy atom. The van der Waals surface area contributed by atoms with E-state index in [1.807, 2.05) is 42.5 Å². The number of H-pyrrole nitrogens is 1. The molecule has 2 N–H and O–H groups in total. The lowest BCUT2D eigenvalue weighted by Crippen LogP contribution is -2.22. The van der Waals surface area contributed by atoms with Gasteiger partial charge in [0.05, 0.1) is 28.2 Å². The highest BCUT2D eigenvalue weighted by atomic mass is 32.2. The third-order valence-corrected chi connectivity index (χ3v) is 6.69. The van der Waals surface area contributed by atoms with Gasteiger partial charge >= 0.3 is 0 Å². The summed E-state index contributed by atoms with van der Waals surface area (Å²) in [5.74, 6) is 0.964. The summed E-state index contributed by atoms with van der Waals surface area (Å²) < 4.78 is 32.8. The molecule has 0 unspecified atom stereocenters. The first kappa shape index (κ1) is 19.3. The molecule has 0 saturated carbocycles. The van der Waals surface area contributed by atoms with E-state index in [1.165, 1.54) is 6.20 Å². The summed E-state index contributed by atoms with van der Waals surface area (Å²) in [7, 11) is -3.45. The number of pyridine rings is 1. The maximum atomic E-state index is 12.2.